The topological polar surface area (TPSA) is 84.6 Å². The smallest absolute Gasteiger partial charge is 0.407 e. The summed E-state index contributed by atoms with van der Waals surface area (Å²) in [5.41, 5.74) is 6.01. The van der Waals surface area contributed by atoms with Gasteiger partial charge in [0.2, 0.25) is 0 Å². The first-order chi connectivity index (χ1) is 9.63. The first kappa shape index (κ1) is 17.3. The summed E-state index contributed by atoms with van der Waals surface area (Å²) in [6, 6.07) is 7.06. The van der Waals surface area contributed by atoms with Gasteiger partial charge in [0.15, 0.2) is 0 Å². The van der Waals surface area contributed by atoms with Gasteiger partial charge in [0.25, 0.3) is 0 Å². The molecular weight excluding hydrogens is 268 g/mol. The lowest BCUT2D eigenvalue weighted by atomic mass is 9.83. The van der Waals surface area contributed by atoms with Gasteiger partial charge in [0.1, 0.15) is 11.4 Å². The van der Waals surface area contributed by atoms with Crippen molar-refractivity contribution >= 4 is 6.09 Å². The largest absolute Gasteiger partial charge is 0.508 e. The molecule has 0 heterocycles. The molecule has 0 saturated carbocycles. The molecule has 0 aliphatic heterocycles. The molecule has 0 spiro atoms. The third-order valence-corrected chi connectivity index (χ3v) is 3.09. The zero-order chi connectivity index (χ0) is 16.1. The van der Waals surface area contributed by atoms with Crippen LogP contribution in [0.25, 0.3) is 0 Å². The van der Waals surface area contributed by atoms with Crippen LogP contribution < -0.4 is 11.1 Å². The third-order valence-electron chi connectivity index (χ3n) is 3.09. The summed E-state index contributed by atoms with van der Waals surface area (Å²) >= 11 is 0. The Bertz CT molecular complexity index is 483. The van der Waals surface area contributed by atoms with Gasteiger partial charge in [-0.3, -0.25) is 0 Å². The molecule has 5 nitrogen and oxygen atoms in total. The highest BCUT2D eigenvalue weighted by atomic mass is 16.6. The van der Waals surface area contributed by atoms with Crippen molar-refractivity contribution in [3.63, 3.8) is 0 Å². The monoisotopic (exact) mass is 294 g/mol. The van der Waals surface area contributed by atoms with E-state index in [2.05, 4.69) is 5.32 Å². The van der Waals surface area contributed by atoms with Crippen LogP contribution in [0.3, 0.4) is 0 Å². The summed E-state index contributed by atoms with van der Waals surface area (Å²) in [7, 11) is 0. The molecule has 0 saturated heterocycles. The molecule has 1 amide bonds. The molecule has 1 unspecified atom stereocenters. The molecule has 0 bridgehead atoms. The number of hydrogen-bond acceptors (Lipinski definition) is 4. The van der Waals surface area contributed by atoms with E-state index in [9.17, 15) is 9.90 Å². The van der Waals surface area contributed by atoms with Crippen LogP contribution in [0.1, 0.15) is 33.3 Å². The fourth-order valence-corrected chi connectivity index (χ4v) is 1.97. The maximum Gasteiger partial charge on any atom is 0.407 e. The number of amides is 1. The minimum Gasteiger partial charge on any atom is -0.508 e. The Morgan fingerprint density at radius 3 is 2.52 bits per heavy atom. The van der Waals surface area contributed by atoms with Crippen LogP contribution in [0.5, 0.6) is 5.75 Å². The third kappa shape index (κ3) is 6.49. The van der Waals surface area contributed by atoms with Crippen LogP contribution in [-0.4, -0.2) is 29.9 Å². The van der Waals surface area contributed by atoms with Gasteiger partial charge < -0.3 is 20.9 Å². The van der Waals surface area contributed by atoms with Gasteiger partial charge in [-0.25, -0.2) is 4.79 Å². The molecule has 1 atom stereocenters. The highest BCUT2D eigenvalue weighted by Gasteiger charge is 2.25. The minimum atomic E-state index is -0.519. The number of aromatic hydroxyl groups is 1. The van der Waals surface area contributed by atoms with Crippen molar-refractivity contribution in [2.24, 2.45) is 11.1 Å². The average molecular weight is 294 g/mol. The second-order valence-corrected chi connectivity index (χ2v) is 6.72. The number of ether oxygens (including phenoxy) is 1. The van der Waals surface area contributed by atoms with Crippen LogP contribution in [0.2, 0.25) is 0 Å². The second-order valence-electron chi connectivity index (χ2n) is 6.72. The van der Waals surface area contributed by atoms with E-state index in [1.807, 2.05) is 33.8 Å². The highest BCUT2D eigenvalue weighted by molar-refractivity contribution is 5.67. The molecule has 5 heteroatoms. The van der Waals surface area contributed by atoms with E-state index in [1.165, 1.54) is 0 Å². The molecule has 0 radical (unpaired) electrons. The lowest BCUT2D eigenvalue weighted by Crippen LogP contribution is -2.43. The maximum absolute atomic E-state index is 11.7. The number of phenols is 1. The molecule has 0 aliphatic rings. The van der Waals surface area contributed by atoms with E-state index in [0.717, 1.165) is 5.56 Å². The molecule has 21 heavy (non-hydrogen) atoms. The molecule has 0 aromatic heterocycles. The van der Waals surface area contributed by atoms with Crippen molar-refractivity contribution in [2.45, 2.75) is 39.7 Å². The first-order valence-corrected chi connectivity index (χ1v) is 7.08. The zero-order valence-electron chi connectivity index (χ0n) is 13.3. The fraction of sp³-hybridized carbons (Fsp3) is 0.562. The lowest BCUT2D eigenvalue weighted by Gasteiger charge is -2.29. The van der Waals surface area contributed by atoms with E-state index in [0.29, 0.717) is 19.5 Å². The number of phenolic OH excluding ortho intramolecular Hbond substituents is 1. The normalized spacial score (nSPS) is 14.3. The van der Waals surface area contributed by atoms with Gasteiger partial charge in [-0.1, -0.05) is 19.1 Å². The summed E-state index contributed by atoms with van der Waals surface area (Å²) in [6.07, 6.45) is 0.214. The summed E-state index contributed by atoms with van der Waals surface area (Å²) < 4.78 is 5.22. The van der Waals surface area contributed by atoms with Crippen molar-refractivity contribution in [3.05, 3.63) is 29.8 Å². The minimum absolute atomic E-state index is 0.229. The quantitative estimate of drug-likeness (QED) is 0.778. The Labute approximate surface area is 126 Å². The standard InChI is InChI=1S/C16H26N2O3/c1-15(2,3)21-14(20)18-11-16(4,10-17)9-12-6-5-7-13(19)8-12/h5-8,19H,9-11,17H2,1-4H3,(H,18,20). The van der Waals surface area contributed by atoms with E-state index in [-0.39, 0.29) is 11.2 Å². The molecule has 4 N–H and O–H groups in total. The van der Waals surface area contributed by atoms with Gasteiger partial charge >= 0.3 is 6.09 Å². The number of nitrogens with one attached hydrogen (secondary N) is 1. The number of carbonyl (C=O) groups is 1. The number of nitrogens with two attached hydrogens (primary N) is 1. The van der Waals surface area contributed by atoms with Crippen LogP contribution in [0, 0.1) is 5.41 Å². The molecular formula is C16H26N2O3. The molecule has 0 aliphatic carbocycles. The van der Waals surface area contributed by atoms with Crippen molar-refractivity contribution in [1.82, 2.24) is 5.32 Å². The van der Waals surface area contributed by atoms with Crippen molar-refractivity contribution in [2.75, 3.05) is 13.1 Å². The highest BCUT2D eigenvalue weighted by Crippen LogP contribution is 2.23. The van der Waals surface area contributed by atoms with Gasteiger partial charge in [-0.2, -0.15) is 0 Å². The molecule has 1 aromatic carbocycles. The number of carbonyl (C=O) groups excluding carboxylic acids is 1. The maximum atomic E-state index is 11.7. The molecule has 0 fully saturated rings. The van der Waals surface area contributed by atoms with Crippen LogP contribution in [0.15, 0.2) is 24.3 Å². The number of alkyl carbamates (subject to hydrolysis) is 1. The predicted molar refractivity (Wildman–Crippen MR) is 83.2 cm³/mol. The molecule has 118 valence electrons. The Balaban J connectivity index is 2.62. The number of hydrogen-bond donors (Lipinski definition) is 3. The summed E-state index contributed by atoms with van der Waals surface area (Å²) in [5.74, 6) is 0.229. The number of rotatable bonds is 5. The van der Waals surface area contributed by atoms with Crippen molar-refractivity contribution in [3.8, 4) is 5.75 Å². The van der Waals surface area contributed by atoms with E-state index in [4.69, 9.17) is 10.5 Å². The molecule has 1 aromatic rings. The first-order valence-electron chi connectivity index (χ1n) is 7.08. The van der Waals surface area contributed by atoms with Gasteiger partial charge in [-0.15, -0.1) is 0 Å². The fourth-order valence-electron chi connectivity index (χ4n) is 1.97. The number of benzene rings is 1. The SMILES string of the molecule is CC(CN)(CNC(=O)OC(C)(C)C)Cc1cccc(O)c1. The average Bonchev–Trinajstić information content (AvgIpc) is 2.34. The van der Waals surface area contributed by atoms with E-state index >= 15 is 0 Å². The van der Waals surface area contributed by atoms with E-state index < -0.39 is 11.7 Å². The predicted octanol–water partition coefficient (Wildman–Crippen LogP) is 2.42. The molecule has 1 rings (SSSR count). The lowest BCUT2D eigenvalue weighted by molar-refractivity contribution is 0.0504. The Hall–Kier alpha value is -1.75. The second kappa shape index (κ2) is 6.80. The summed E-state index contributed by atoms with van der Waals surface area (Å²) in [4.78, 5) is 11.7. The van der Waals surface area contributed by atoms with Crippen LogP contribution in [0.4, 0.5) is 4.79 Å². The van der Waals surface area contributed by atoms with Gasteiger partial charge in [0.05, 0.1) is 0 Å². The summed E-state index contributed by atoms with van der Waals surface area (Å²) in [5, 5.41) is 12.3. The van der Waals surface area contributed by atoms with Crippen molar-refractivity contribution < 1.29 is 14.6 Å². The van der Waals surface area contributed by atoms with Crippen LogP contribution in [-0.2, 0) is 11.2 Å². The Morgan fingerprint density at radius 2 is 2.00 bits per heavy atom. The van der Waals surface area contributed by atoms with Gasteiger partial charge in [0, 0.05) is 12.0 Å². The van der Waals surface area contributed by atoms with E-state index in [1.54, 1.807) is 18.2 Å². The summed E-state index contributed by atoms with van der Waals surface area (Å²) in [6.45, 7) is 8.28. The van der Waals surface area contributed by atoms with Crippen LogP contribution >= 0.6 is 0 Å². The van der Waals surface area contributed by atoms with Gasteiger partial charge in [-0.05, 0) is 51.4 Å². The Kier molecular flexibility index (Phi) is 5.61. The van der Waals surface area contributed by atoms with Crippen molar-refractivity contribution in [1.29, 1.82) is 0 Å². The Morgan fingerprint density at radius 1 is 1.33 bits per heavy atom. The zero-order valence-corrected chi connectivity index (χ0v) is 13.3.